The van der Waals surface area contributed by atoms with Crippen LogP contribution in [-0.2, 0) is 0 Å². The highest BCUT2D eigenvalue weighted by atomic mass is 35.5. The second-order valence-electron chi connectivity index (χ2n) is 3.67. The first kappa shape index (κ1) is 12.6. The van der Waals surface area contributed by atoms with Gasteiger partial charge in [0, 0.05) is 10.6 Å². The van der Waals surface area contributed by atoms with Gasteiger partial charge >= 0.3 is 0 Å². The highest BCUT2D eigenvalue weighted by Crippen LogP contribution is 2.21. The average molecular weight is 277 g/mol. The van der Waals surface area contributed by atoms with Crippen molar-refractivity contribution in [2.45, 2.75) is 6.92 Å². The van der Waals surface area contributed by atoms with Crippen LogP contribution in [0.2, 0.25) is 5.02 Å². The monoisotopic (exact) mass is 276 g/mol. The molecule has 0 radical (unpaired) electrons. The number of nitrogens with zero attached hydrogens (tertiary/aromatic N) is 1. The molecule has 0 spiro atoms. The van der Waals surface area contributed by atoms with E-state index in [9.17, 15) is 4.79 Å². The van der Waals surface area contributed by atoms with Gasteiger partial charge in [-0.1, -0.05) is 11.6 Å². The minimum Gasteiger partial charge on any atom is -0.321 e. The second-order valence-corrected chi connectivity index (χ2v) is 5.37. The van der Waals surface area contributed by atoms with Crippen molar-refractivity contribution < 1.29 is 4.79 Å². The minimum absolute atomic E-state index is 0.181. The standard InChI is InChI=1S/C13H9ClN2OS/c1-8-2-5-12(18-8)13(17)16-10-3-4-11(14)9(6-10)7-15/h2-6H,1H3,(H,16,17). The van der Waals surface area contributed by atoms with Crippen molar-refractivity contribution in [3.05, 3.63) is 50.7 Å². The molecule has 0 aliphatic heterocycles. The van der Waals surface area contributed by atoms with Crippen molar-refractivity contribution in [2.75, 3.05) is 5.32 Å². The normalized spacial score (nSPS) is 9.83. The molecule has 1 heterocycles. The zero-order chi connectivity index (χ0) is 13.1. The molecule has 0 aliphatic carbocycles. The SMILES string of the molecule is Cc1ccc(C(=O)Nc2ccc(Cl)c(C#N)c2)s1. The molecule has 0 saturated carbocycles. The van der Waals surface area contributed by atoms with Gasteiger partial charge in [-0.15, -0.1) is 11.3 Å². The maximum Gasteiger partial charge on any atom is 0.265 e. The third-order valence-corrected chi connectivity index (χ3v) is 3.64. The number of carbonyl (C=O) groups is 1. The van der Waals surface area contributed by atoms with E-state index in [0.717, 1.165) is 4.88 Å². The van der Waals surface area contributed by atoms with Gasteiger partial charge in [0.05, 0.1) is 15.5 Å². The Hall–Kier alpha value is -1.83. The van der Waals surface area contributed by atoms with E-state index in [1.807, 2.05) is 19.1 Å². The number of aryl methyl sites for hydroxylation is 1. The number of benzene rings is 1. The maximum absolute atomic E-state index is 11.9. The van der Waals surface area contributed by atoms with E-state index in [-0.39, 0.29) is 5.91 Å². The molecule has 18 heavy (non-hydrogen) atoms. The van der Waals surface area contributed by atoms with Crippen LogP contribution in [-0.4, -0.2) is 5.91 Å². The number of nitriles is 1. The maximum atomic E-state index is 11.9. The molecule has 0 fully saturated rings. The lowest BCUT2D eigenvalue weighted by Crippen LogP contribution is -2.10. The highest BCUT2D eigenvalue weighted by Gasteiger charge is 2.09. The Bertz CT molecular complexity index is 643. The molecule has 0 unspecified atom stereocenters. The molecule has 90 valence electrons. The van der Waals surface area contributed by atoms with Gasteiger partial charge in [-0.3, -0.25) is 4.79 Å². The molecule has 2 aromatic rings. The van der Waals surface area contributed by atoms with Gasteiger partial charge in [-0.2, -0.15) is 5.26 Å². The van der Waals surface area contributed by atoms with Gasteiger partial charge < -0.3 is 5.32 Å². The van der Waals surface area contributed by atoms with Crippen LogP contribution in [0.1, 0.15) is 20.1 Å². The number of hydrogen-bond acceptors (Lipinski definition) is 3. The van der Waals surface area contributed by atoms with E-state index in [1.165, 1.54) is 11.3 Å². The Labute approximate surface area is 114 Å². The van der Waals surface area contributed by atoms with Crippen LogP contribution in [0.25, 0.3) is 0 Å². The lowest BCUT2D eigenvalue weighted by atomic mass is 10.2. The van der Waals surface area contributed by atoms with Gasteiger partial charge in [0.25, 0.3) is 5.91 Å². The molecule has 3 nitrogen and oxygen atoms in total. The Morgan fingerprint density at radius 3 is 2.78 bits per heavy atom. The summed E-state index contributed by atoms with van der Waals surface area (Å²) in [6.45, 7) is 1.94. The van der Waals surface area contributed by atoms with Crippen LogP contribution in [0.3, 0.4) is 0 Å². The molecule has 0 aliphatic rings. The molecular weight excluding hydrogens is 268 g/mol. The summed E-state index contributed by atoms with van der Waals surface area (Å²) < 4.78 is 0. The predicted molar refractivity (Wildman–Crippen MR) is 73.2 cm³/mol. The van der Waals surface area contributed by atoms with Crippen molar-refractivity contribution in [1.82, 2.24) is 0 Å². The fourth-order valence-corrected chi connectivity index (χ4v) is 2.36. The molecular formula is C13H9ClN2OS. The van der Waals surface area contributed by atoms with Crippen molar-refractivity contribution in [3.8, 4) is 6.07 Å². The molecule has 0 saturated heterocycles. The van der Waals surface area contributed by atoms with Crippen molar-refractivity contribution in [2.24, 2.45) is 0 Å². The predicted octanol–water partition coefficient (Wildman–Crippen LogP) is 3.83. The summed E-state index contributed by atoms with van der Waals surface area (Å²) in [6.07, 6.45) is 0. The van der Waals surface area contributed by atoms with E-state index in [4.69, 9.17) is 16.9 Å². The van der Waals surface area contributed by atoms with E-state index in [0.29, 0.717) is 21.2 Å². The lowest BCUT2D eigenvalue weighted by molar-refractivity contribution is 0.103. The van der Waals surface area contributed by atoms with E-state index in [2.05, 4.69) is 5.32 Å². The van der Waals surface area contributed by atoms with Gasteiger partial charge in [-0.05, 0) is 37.3 Å². The first-order valence-corrected chi connectivity index (χ1v) is 6.37. The fraction of sp³-hybridized carbons (Fsp3) is 0.0769. The smallest absolute Gasteiger partial charge is 0.265 e. The van der Waals surface area contributed by atoms with Gasteiger partial charge in [0.1, 0.15) is 6.07 Å². The Morgan fingerprint density at radius 2 is 2.17 bits per heavy atom. The summed E-state index contributed by atoms with van der Waals surface area (Å²) in [6, 6.07) is 10.5. The molecule has 1 aromatic carbocycles. The third-order valence-electron chi connectivity index (χ3n) is 2.31. The van der Waals surface area contributed by atoms with Crippen LogP contribution < -0.4 is 5.32 Å². The molecule has 2 rings (SSSR count). The van der Waals surface area contributed by atoms with Crippen molar-refractivity contribution in [3.63, 3.8) is 0 Å². The number of nitrogens with one attached hydrogen (secondary N) is 1. The van der Waals surface area contributed by atoms with E-state index < -0.39 is 0 Å². The molecule has 0 bridgehead atoms. The summed E-state index contributed by atoms with van der Waals surface area (Å²) >= 11 is 7.25. The molecule has 1 aromatic heterocycles. The fourth-order valence-electron chi connectivity index (χ4n) is 1.44. The summed E-state index contributed by atoms with van der Waals surface area (Å²) in [5, 5.41) is 12.0. The number of rotatable bonds is 2. The van der Waals surface area contributed by atoms with Crippen LogP contribution in [0.5, 0.6) is 0 Å². The van der Waals surface area contributed by atoms with E-state index >= 15 is 0 Å². The number of anilines is 1. The number of carbonyl (C=O) groups excluding carboxylic acids is 1. The first-order valence-electron chi connectivity index (χ1n) is 5.17. The summed E-state index contributed by atoms with van der Waals surface area (Å²) in [5.74, 6) is -0.181. The number of hydrogen-bond donors (Lipinski definition) is 1. The third kappa shape index (κ3) is 2.70. The minimum atomic E-state index is -0.181. The Kier molecular flexibility index (Phi) is 3.66. The van der Waals surface area contributed by atoms with Crippen LogP contribution in [0, 0.1) is 18.3 Å². The number of thiophene rings is 1. The Balaban J connectivity index is 2.20. The average Bonchev–Trinajstić information content (AvgIpc) is 2.78. The summed E-state index contributed by atoms with van der Waals surface area (Å²) in [4.78, 5) is 13.6. The Morgan fingerprint density at radius 1 is 1.39 bits per heavy atom. The first-order chi connectivity index (χ1) is 8.60. The van der Waals surface area contributed by atoms with Gasteiger partial charge in [-0.25, -0.2) is 0 Å². The van der Waals surface area contributed by atoms with Gasteiger partial charge in [0.15, 0.2) is 0 Å². The largest absolute Gasteiger partial charge is 0.321 e. The lowest BCUT2D eigenvalue weighted by Gasteiger charge is -2.04. The quantitative estimate of drug-likeness (QED) is 0.906. The van der Waals surface area contributed by atoms with Crippen LogP contribution >= 0.6 is 22.9 Å². The number of halogens is 1. The molecule has 0 atom stereocenters. The summed E-state index contributed by atoms with van der Waals surface area (Å²) in [7, 11) is 0. The molecule has 1 N–H and O–H groups in total. The van der Waals surface area contributed by atoms with Crippen LogP contribution in [0.4, 0.5) is 5.69 Å². The topological polar surface area (TPSA) is 52.9 Å². The zero-order valence-corrected chi connectivity index (χ0v) is 11.1. The van der Waals surface area contributed by atoms with Crippen LogP contribution in [0.15, 0.2) is 30.3 Å². The van der Waals surface area contributed by atoms with Crippen molar-refractivity contribution in [1.29, 1.82) is 5.26 Å². The van der Waals surface area contributed by atoms with Gasteiger partial charge in [0.2, 0.25) is 0 Å². The molecule has 5 heteroatoms. The number of amides is 1. The highest BCUT2D eigenvalue weighted by molar-refractivity contribution is 7.14. The summed E-state index contributed by atoms with van der Waals surface area (Å²) in [5.41, 5.74) is 0.906. The van der Waals surface area contributed by atoms with E-state index in [1.54, 1.807) is 24.3 Å². The zero-order valence-electron chi connectivity index (χ0n) is 9.53. The molecule has 1 amide bonds. The van der Waals surface area contributed by atoms with Crippen molar-refractivity contribution >= 4 is 34.5 Å². The second kappa shape index (κ2) is 5.21.